The van der Waals surface area contributed by atoms with Gasteiger partial charge >= 0.3 is 0 Å². The average molecular weight is 223 g/mol. The molecule has 1 heterocycles. The molecular formula is C11H7ClO3. The number of furan rings is 1. The molecule has 4 heteroatoms. The fourth-order valence-electron chi connectivity index (χ4n) is 1.47. The summed E-state index contributed by atoms with van der Waals surface area (Å²) >= 11 is 5.79. The Morgan fingerprint density at radius 1 is 1.47 bits per heavy atom. The van der Waals surface area contributed by atoms with Crippen LogP contribution in [0, 0.1) is 0 Å². The van der Waals surface area contributed by atoms with Crippen molar-refractivity contribution < 1.29 is 14.0 Å². The third-order valence-electron chi connectivity index (χ3n) is 2.13. The maximum atomic E-state index is 11.2. The van der Waals surface area contributed by atoms with Crippen molar-refractivity contribution in [1.82, 2.24) is 0 Å². The molecule has 0 fully saturated rings. The van der Waals surface area contributed by atoms with Crippen LogP contribution in [0.4, 0.5) is 0 Å². The quantitative estimate of drug-likeness (QED) is 0.579. The molecule has 2 rings (SSSR count). The summed E-state index contributed by atoms with van der Waals surface area (Å²) in [5.41, 5.74) is 0.756. The summed E-state index contributed by atoms with van der Waals surface area (Å²) in [5, 5.41) is 1.07. The standard InChI is InChI=1S/C11H7ClO3/c1-6(14)11-9(5-13)8-4-7(12)2-3-10(8)15-11/h2-5H,1H3. The van der Waals surface area contributed by atoms with Gasteiger partial charge in [-0.15, -0.1) is 0 Å². The van der Waals surface area contributed by atoms with E-state index >= 15 is 0 Å². The van der Waals surface area contributed by atoms with Gasteiger partial charge < -0.3 is 4.42 Å². The van der Waals surface area contributed by atoms with Crippen molar-refractivity contribution in [2.45, 2.75) is 6.92 Å². The fourth-order valence-corrected chi connectivity index (χ4v) is 1.64. The smallest absolute Gasteiger partial charge is 0.195 e. The Morgan fingerprint density at radius 2 is 2.20 bits per heavy atom. The number of aldehydes is 1. The third-order valence-corrected chi connectivity index (χ3v) is 2.36. The van der Waals surface area contributed by atoms with Gasteiger partial charge in [0.25, 0.3) is 0 Å². The van der Waals surface area contributed by atoms with Gasteiger partial charge in [0.2, 0.25) is 0 Å². The van der Waals surface area contributed by atoms with Gasteiger partial charge in [0, 0.05) is 17.3 Å². The number of benzene rings is 1. The summed E-state index contributed by atoms with van der Waals surface area (Å²) in [6, 6.07) is 4.89. The largest absolute Gasteiger partial charge is 0.452 e. The molecule has 0 saturated heterocycles. The first-order chi connectivity index (χ1) is 7.13. The van der Waals surface area contributed by atoms with Crippen molar-refractivity contribution in [3.8, 4) is 0 Å². The highest BCUT2D eigenvalue weighted by molar-refractivity contribution is 6.31. The fraction of sp³-hybridized carbons (Fsp3) is 0.0909. The van der Waals surface area contributed by atoms with Gasteiger partial charge in [0.05, 0.1) is 5.56 Å². The first-order valence-corrected chi connectivity index (χ1v) is 4.69. The number of halogens is 1. The molecule has 0 aliphatic heterocycles. The van der Waals surface area contributed by atoms with Gasteiger partial charge in [-0.2, -0.15) is 0 Å². The Labute approximate surface area is 90.6 Å². The van der Waals surface area contributed by atoms with Crippen LogP contribution in [0.15, 0.2) is 22.6 Å². The Bertz CT molecular complexity index is 554. The summed E-state index contributed by atoms with van der Waals surface area (Å²) < 4.78 is 5.27. The predicted molar refractivity (Wildman–Crippen MR) is 56.6 cm³/mol. The van der Waals surface area contributed by atoms with Gasteiger partial charge in [-0.25, -0.2) is 0 Å². The molecule has 0 aliphatic carbocycles. The number of ketones is 1. The molecule has 0 spiro atoms. The predicted octanol–water partition coefficient (Wildman–Crippen LogP) is 3.10. The van der Waals surface area contributed by atoms with Crippen molar-refractivity contribution in [2.75, 3.05) is 0 Å². The topological polar surface area (TPSA) is 47.3 Å². The molecule has 0 atom stereocenters. The minimum atomic E-state index is -0.274. The number of carbonyl (C=O) groups is 2. The summed E-state index contributed by atoms with van der Waals surface area (Å²) in [7, 11) is 0. The van der Waals surface area contributed by atoms with E-state index in [0.717, 1.165) is 0 Å². The van der Waals surface area contributed by atoms with E-state index < -0.39 is 0 Å². The molecule has 0 saturated carbocycles. The molecule has 15 heavy (non-hydrogen) atoms. The van der Waals surface area contributed by atoms with Crippen molar-refractivity contribution in [3.63, 3.8) is 0 Å². The van der Waals surface area contributed by atoms with Crippen LogP contribution in [-0.2, 0) is 0 Å². The summed E-state index contributed by atoms with van der Waals surface area (Å²) in [5.74, 6) is -0.188. The van der Waals surface area contributed by atoms with E-state index in [4.69, 9.17) is 16.0 Å². The van der Waals surface area contributed by atoms with E-state index in [0.29, 0.717) is 22.3 Å². The normalized spacial score (nSPS) is 10.5. The van der Waals surface area contributed by atoms with E-state index in [1.165, 1.54) is 6.92 Å². The molecule has 0 aliphatic rings. The number of hydrogen-bond donors (Lipinski definition) is 0. The highest BCUT2D eigenvalue weighted by atomic mass is 35.5. The molecule has 0 radical (unpaired) electrons. The molecule has 1 aromatic carbocycles. The Hall–Kier alpha value is -1.61. The third kappa shape index (κ3) is 1.55. The Morgan fingerprint density at radius 3 is 2.80 bits per heavy atom. The molecule has 0 unspecified atom stereocenters. The summed E-state index contributed by atoms with van der Waals surface area (Å²) in [6.07, 6.45) is 0.610. The van der Waals surface area contributed by atoms with Crippen LogP contribution in [0.3, 0.4) is 0 Å². The van der Waals surface area contributed by atoms with Crippen LogP contribution < -0.4 is 0 Å². The lowest BCUT2D eigenvalue weighted by atomic mass is 10.1. The van der Waals surface area contributed by atoms with Gasteiger partial charge in [-0.3, -0.25) is 9.59 Å². The van der Waals surface area contributed by atoms with Crippen LogP contribution in [0.25, 0.3) is 11.0 Å². The van der Waals surface area contributed by atoms with E-state index in [1.807, 2.05) is 0 Å². The molecular weight excluding hydrogens is 216 g/mol. The first-order valence-electron chi connectivity index (χ1n) is 4.31. The van der Waals surface area contributed by atoms with Crippen LogP contribution in [0.1, 0.15) is 27.8 Å². The SMILES string of the molecule is CC(=O)c1oc2ccc(Cl)cc2c1C=O. The van der Waals surface area contributed by atoms with Gasteiger partial charge in [0.1, 0.15) is 5.58 Å². The van der Waals surface area contributed by atoms with Gasteiger partial charge in [-0.1, -0.05) is 11.6 Å². The van der Waals surface area contributed by atoms with Crippen LogP contribution in [-0.4, -0.2) is 12.1 Å². The second-order valence-corrected chi connectivity index (χ2v) is 3.60. The van der Waals surface area contributed by atoms with E-state index in [2.05, 4.69) is 0 Å². The lowest BCUT2D eigenvalue weighted by molar-refractivity contribution is 0.0981. The molecule has 1 aromatic heterocycles. The number of rotatable bonds is 2. The van der Waals surface area contributed by atoms with E-state index in [-0.39, 0.29) is 17.1 Å². The van der Waals surface area contributed by atoms with Crippen LogP contribution in [0.2, 0.25) is 5.02 Å². The maximum absolute atomic E-state index is 11.2. The number of Topliss-reactive ketones (excluding diaryl/α,β-unsaturated/α-hetero) is 1. The summed E-state index contributed by atoms with van der Waals surface area (Å²) in [4.78, 5) is 22.1. The van der Waals surface area contributed by atoms with Crippen molar-refractivity contribution in [2.24, 2.45) is 0 Å². The molecule has 76 valence electrons. The number of carbonyl (C=O) groups excluding carboxylic acids is 2. The highest BCUT2D eigenvalue weighted by Gasteiger charge is 2.16. The van der Waals surface area contributed by atoms with Crippen molar-refractivity contribution in [1.29, 1.82) is 0 Å². The second kappa shape index (κ2) is 3.51. The minimum absolute atomic E-state index is 0.0854. The zero-order chi connectivity index (χ0) is 11.0. The monoisotopic (exact) mass is 222 g/mol. The van der Waals surface area contributed by atoms with Gasteiger partial charge in [-0.05, 0) is 18.2 Å². The summed E-state index contributed by atoms with van der Waals surface area (Å²) in [6.45, 7) is 1.35. The average Bonchev–Trinajstić information content (AvgIpc) is 2.55. The maximum Gasteiger partial charge on any atom is 0.195 e. The van der Waals surface area contributed by atoms with Crippen molar-refractivity contribution in [3.05, 3.63) is 34.5 Å². The molecule has 0 amide bonds. The number of fused-ring (bicyclic) bond motifs is 1. The lowest BCUT2D eigenvalue weighted by Gasteiger charge is -1.89. The molecule has 3 nitrogen and oxygen atoms in total. The lowest BCUT2D eigenvalue weighted by Crippen LogP contribution is -1.93. The van der Waals surface area contributed by atoms with Crippen LogP contribution >= 0.6 is 11.6 Å². The second-order valence-electron chi connectivity index (χ2n) is 3.16. The minimum Gasteiger partial charge on any atom is -0.452 e. The van der Waals surface area contributed by atoms with E-state index in [1.54, 1.807) is 18.2 Å². The zero-order valence-corrected chi connectivity index (χ0v) is 8.67. The van der Waals surface area contributed by atoms with Gasteiger partial charge in [0.15, 0.2) is 17.8 Å². The molecule has 0 bridgehead atoms. The highest BCUT2D eigenvalue weighted by Crippen LogP contribution is 2.27. The Balaban J connectivity index is 2.85. The molecule has 0 N–H and O–H groups in total. The van der Waals surface area contributed by atoms with Crippen molar-refractivity contribution >= 4 is 34.6 Å². The van der Waals surface area contributed by atoms with Crippen LogP contribution in [0.5, 0.6) is 0 Å². The molecule has 2 aromatic rings. The first kappa shape index (κ1) is 9.93. The number of hydrogen-bond acceptors (Lipinski definition) is 3. The Kier molecular flexibility index (Phi) is 2.32. The zero-order valence-electron chi connectivity index (χ0n) is 7.91. The van der Waals surface area contributed by atoms with E-state index in [9.17, 15) is 9.59 Å².